The molecule has 0 aliphatic heterocycles. The standard InChI is InChI=1S/C18H34O/c1-2-3-4-5-6-7-8-12-15-18(19)16-17-13-10-9-11-14-17/h13,18-19H,2-12,14-16H2,1H3. The molecule has 112 valence electrons. The minimum absolute atomic E-state index is 0.0792. The summed E-state index contributed by atoms with van der Waals surface area (Å²) in [7, 11) is 0. The maximum absolute atomic E-state index is 10.0. The lowest BCUT2D eigenvalue weighted by molar-refractivity contribution is 0.159. The molecule has 0 saturated heterocycles. The summed E-state index contributed by atoms with van der Waals surface area (Å²) in [6.45, 7) is 2.27. The summed E-state index contributed by atoms with van der Waals surface area (Å²) in [6.07, 6.45) is 20.2. The number of unbranched alkanes of at least 4 members (excludes halogenated alkanes) is 7. The summed E-state index contributed by atoms with van der Waals surface area (Å²) in [5.74, 6) is 0. The number of rotatable bonds is 11. The Balaban J connectivity index is 1.89. The van der Waals surface area contributed by atoms with Crippen LogP contribution in [0, 0.1) is 0 Å². The van der Waals surface area contributed by atoms with Gasteiger partial charge in [-0.3, -0.25) is 0 Å². The fraction of sp³-hybridized carbons (Fsp3) is 0.889. The van der Waals surface area contributed by atoms with Gasteiger partial charge in [0, 0.05) is 0 Å². The second-order valence-corrected chi connectivity index (χ2v) is 6.23. The monoisotopic (exact) mass is 266 g/mol. The van der Waals surface area contributed by atoms with Gasteiger partial charge in [0.2, 0.25) is 0 Å². The van der Waals surface area contributed by atoms with Crippen molar-refractivity contribution >= 4 is 0 Å². The van der Waals surface area contributed by atoms with Gasteiger partial charge < -0.3 is 5.11 Å². The SMILES string of the molecule is CCCCCCCCCCC(O)CC1=CCCCC1. The van der Waals surface area contributed by atoms with Crippen LogP contribution in [-0.2, 0) is 0 Å². The van der Waals surface area contributed by atoms with Crippen LogP contribution in [0.1, 0.15) is 96.8 Å². The molecule has 1 aliphatic rings. The molecule has 0 aromatic carbocycles. The van der Waals surface area contributed by atoms with E-state index in [-0.39, 0.29) is 6.10 Å². The zero-order valence-corrected chi connectivity index (χ0v) is 13.0. The third-order valence-corrected chi connectivity index (χ3v) is 4.27. The Kier molecular flexibility index (Phi) is 10.2. The van der Waals surface area contributed by atoms with Gasteiger partial charge in [-0.1, -0.05) is 69.9 Å². The fourth-order valence-corrected chi connectivity index (χ4v) is 3.01. The summed E-state index contributed by atoms with van der Waals surface area (Å²) >= 11 is 0. The molecule has 0 saturated carbocycles. The topological polar surface area (TPSA) is 20.2 Å². The molecule has 0 heterocycles. The van der Waals surface area contributed by atoms with Crippen LogP contribution in [0.25, 0.3) is 0 Å². The average molecular weight is 266 g/mol. The second-order valence-electron chi connectivity index (χ2n) is 6.23. The molecule has 1 rings (SSSR count). The largest absolute Gasteiger partial charge is 0.393 e. The van der Waals surface area contributed by atoms with Gasteiger partial charge in [0.15, 0.2) is 0 Å². The third kappa shape index (κ3) is 9.27. The number of allylic oxidation sites excluding steroid dienone is 1. The maximum Gasteiger partial charge on any atom is 0.0577 e. The van der Waals surface area contributed by atoms with Crippen molar-refractivity contribution in [2.45, 2.75) is 103 Å². The zero-order chi connectivity index (χ0) is 13.8. The van der Waals surface area contributed by atoms with Crippen molar-refractivity contribution in [2.24, 2.45) is 0 Å². The van der Waals surface area contributed by atoms with Crippen molar-refractivity contribution in [3.8, 4) is 0 Å². The number of aliphatic hydroxyl groups excluding tert-OH is 1. The van der Waals surface area contributed by atoms with E-state index in [1.165, 1.54) is 82.6 Å². The fourth-order valence-electron chi connectivity index (χ4n) is 3.01. The smallest absolute Gasteiger partial charge is 0.0577 e. The zero-order valence-electron chi connectivity index (χ0n) is 13.0. The minimum atomic E-state index is -0.0792. The highest BCUT2D eigenvalue weighted by Crippen LogP contribution is 2.23. The molecule has 0 spiro atoms. The van der Waals surface area contributed by atoms with Crippen LogP contribution >= 0.6 is 0 Å². The first-order valence-electron chi connectivity index (χ1n) is 8.69. The van der Waals surface area contributed by atoms with Crippen LogP contribution in [-0.4, -0.2) is 11.2 Å². The normalized spacial score (nSPS) is 17.3. The molecule has 0 bridgehead atoms. The number of aliphatic hydroxyl groups is 1. The highest BCUT2D eigenvalue weighted by atomic mass is 16.3. The summed E-state index contributed by atoms with van der Waals surface area (Å²) in [6, 6.07) is 0. The van der Waals surface area contributed by atoms with Gasteiger partial charge in [-0.25, -0.2) is 0 Å². The Labute approximate surface area is 120 Å². The van der Waals surface area contributed by atoms with Crippen molar-refractivity contribution in [1.82, 2.24) is 0 Å². The average Bonchev–Trinajstić information content (AvgIpc) is 2.43. The van der Waals surface area contributed by atoms with Gasteiger partial charge in [-0.15, -0.1) is 0 Å². The molecule has 1 aliphatic carbocycles. The van der Waals surface area contributed by atoms with Gasteiger partial charge in [0.25, 0.3) is 0 Å². The molecule has 1 atom stereocenters. The molecule has 19 heavy (non-hydrogen) atoms. The van der Waals surface area contributed by atoms with E-state index < -0.39 is 0 Å². The first-order valence-corrected chi connectivity index (χ1v) is 8.69. The summed E-state index contributed by atoms with van der Waals surface area (Å²) < 4.78 is 0. The Bertz CT molecular complexity index is 232. The molecule has 0 fully saturated rings. The first kappa shape index (κ1) is 16.8. The van der Waals surface area contributed by atoms with E-state index in [2.05, 4.69) is 13.0 Å². The highest BCUT2D eigenvalue weighted by Gasteiger charge is 2.09. The van der Waals surface area contributed by atoms with Gasteiger partial charge in [-0.2, -0.15) is 0 Å². The third-order valence-electron chi connectivity index (χ3n) is 4.27. The highest BCUT2D eigenvalue weighted by molar-refractivity contribution is 5.06. The molecular formula is C18H34O. The molecular weight excluding hydrogens is 232 g/mol. The van der Waals surface area contributed by atoms with E-state index in [4.69, 9.17) is 0 Å². The lowest BCUT2D eigenvalue weighted by atomic mass is 9.93. The van der Waals surface area contributed by atoms with Crippen molar-refractivity contribution in [1.29, 1.82) is 0 Å². The molecule has 0 aromatic heterocycles. The lowest BCUT2D eigenvalue weighted by Crippen LogP contribution is -2.09. The van der Waals surface area contributed by atoms with Gasteiger partial charge >= 0.3 is 0 Å². The Morgan fingerprint density at radius 2 is 1.68 bits per heavy atom. The van der Waals surface area contributed by atoms with Gasteiger partial charge in [-0.05, 0) is 38.5 Å². The first-order chi connectivity index (χ1) is 9.33. The van der Waals surface area contributed by atoms with E-state index in [1.54, 1.807) is 0 Å². The Hall–Kier alpha value is -0.300. The minimum Gasteiger partial charge on any atom is -0.393 e. The van der Waals surface area contributed by atoms with Crippen molar-refractivity contribution < 1.29 is 5.11 Å². The molecule has 0 aromatic rings. The molecule has 0 amide bonds. The summed E-state index contributed by atoms with van der Waals surface area (Å²) in [5.41, 5.74) is 1.51. The van der Waals surface area contributed by atoms with Crippen molar-refractivity contribution in [3.05, 3.63) is 11.6 Å². The van der Waals surface area contributed by atoms with Crippen LogP contribution in [0.4, 0.5) is 0 Å². The Morgan fingerprint density at radius 1 is 1.00 bits per heavy atom. The van der Waals surface area contributed by atoms with Crippen molar-refractivity contribution in [3.63, 3.8) is 0 Å². The molecule has 1 nitrogen and oxygen atoms in total. The van der Waals surface area contributed by atoms with Crippen LogP contribution in [0.15, 0.2) is 11.6 Å². The molecule has 1 unspecified atom stereocenters. The van der Waals surface area contributed by atoms with Crippen LogP contribution in [0.5, 0.6) is 0 Å². The molecule has 1 heteroatoms. The van der Waals surface area contributed by atoms with E-state index in [0.29, 0.717) is 0 Å². The van der Waals surface area contributed by atoms with Crippen LogP contribution < -0.4 is 0 Å². The van der Waals surface area contributed by atoms with E-state index in [1.807, 2.05) is 0 Å². The van der Waals surface area contributed by atoms with Crippen LogP contribution in [0.3, 0.4) is 0 Å². The van der Waals surface area contributed by atoms with E-state index >= 15 is 0 Å². The van der Waals surface area contributed by atoms with E-state index in [9.17, 15) is 5.11 Å². The van der Waals surface area contributed by atoms with Crippen LogP contribution in [0.2, 0.25) is 0 Å². The quantitative estimate of drug-likeness (QED) is 0.372. The summed E-state index contributed by atoms with van der Waals surface area (Å²) in [5, 5.41) is 10.0. The van der Waals surface area contributed by atoms with E-state index in [0.717, 1.165) is 12.8 Å². The number of hydrogen-bond acceptors (Lipinski definition) is 1. The maximum atomic E-state index is 10.0. The molecule has 0 radical (unpaired) electrons. The van der Waals surface area contributed by atoms with Gasteiger partial charge in [0.05, 0.1) is 6.10 Å². The second kappa shape index (κ2) is 11.5. The van der Waals surface area contributed by atoms with Crippen molar-refractivity contribution in [2.75, 3.05) is 0 Å². The summed E-state index contributed by atoms with van der Waals surface area (Å²) in [4.78, 5) is 0. The predicted octanol–water partition coefficient (Wildman–Crippen LogP) is 5.77. The molecule has 1 N–H and O–H groups in total. The lowest BCUT2D eigenvalue weighted by Gasteiger charge is -2.16. The number of hydrogen-bond donors (Lipinski definition) is 1. The Morgan fingerprint density at radius 3 is 2.32 bits per heavy atom. The predicted molar refractivity (Wildman–Crippen MR) is 84.4 cm³/mol. The van der Waals surface area contributed by atoms with Gasteiger partial charge in [0.1, 0.15) is 0 Å².